The van der Waals surface area contributed by atoms with Gasteiger partial charge in [0.15, 0.2) is 0 Å². The van der Waals surface area contributed by atoms with Gasteiger partial charge in [0.2, 0.25) is 0 Å². The minimum absolute atomic E-state index is 0.300. The van der Waals surface area contributed by atoms with E-state index in [2.05, 4.69) is 31.2 Å². The number of ether oxygens (including phenoxy) is 1. The van der Waals surface area contributed by atoms with Crippen LogP contribution in [0, 0.1) is 0 Å². The smallest absolute Gasteiger partial charge is 0.339 e. The van der Waals surface area contributed by atoms with E-state index in [9.17, 15) is 4.79 Å². The average Bonchev–Trinajstić information content (AvgIpc) is 3.17. The van der Waals surface area contributed by atoms with Gasteiger partial charge in [0.05, 0.1) is 30.6 Å². The number of nitrogens with one attached hydrogen (secondary N) is 2. The number of hydrogen-bond acceptors (Lipinski definition) is 4. The van der Waals surface area contributed by atoms with Gasteiger partial charge in [-0.2, -0.15) is 0 Å². The molecule has 0 amide bonds. The number of aromatic nitrogens is 2. The molecule has 6 heteroatoms. The van der Waals surface area contributed by atoms with Gasteiger partial charge in [-0.05, 0) is 47.4 Å². The molecule has 2 heterocycles. The predicted molar refractivity (Wildman–Crippen MR) is 83.0 cm³/mol. The van der Waals surface area contributed by atoms with Gasteiger partial charge >= 0.3 is 5.97 Å². The molecule has 0 spiro atoms. The lowest BCUT2D eigenvalue weighted by molar-refractivity contribution is 0.0599. The molecule has 1 aliphatic rings. The molecule has 1 fully saturated rings. The van der Waals surface area contributed by atoms with Crippen molar-refractivity contribution in [2.45, 2.75) is 18.9 Å². The van der Waals surface area contributed by atoms with Crippen LogP contribution in [0.25, 0.3) is 11.3 Å². The van der Waals surface area contributed by atoms with Gasteiger partial charge in [0.1, 0.15) is 5.82 Å². The molecule has 1 atom stereocenters. The lowest BCUT2D eigenvalue weighted by Crippen LogP contribution is -2.14. The maximum absolute atomic E-state index is 11.7. The number of aromatic amines is 1. The van der Waals surface area contributed by atoms with Gasteiger partial charge in [-0.15, -0.1) is 0 Å². The number of hydrogen-bond donors (Lipinski definition) is 2. The molecule has 0 unspecified atom stereocenters. The zero-order chi connectivity index (χ0) is 14.8. The number of methoxy groups -OCH3 is 1. The fourth-order valence-corrected chi connectivity index (χ4v) is 2.95. The summed E-state index contributed by atoms with van der Waals surface area (Å²) >= 11 is 3.37. The molecule has 0 radical (unpaired) electrons. The van der Waals surface area contributed by atoms with Gasteiger partial charge in [-0.25, -0.2) is 9.78 Å². The average molecular weight is 350 g/mol. The Morgan fingerprint density at radius 1 is 1.48 bits per heavy atom. The van der Waals surface area contributed by atoms with Crippen molar-refractivity contribution in [1.29, 1.82) is 0 Å². The van der Waals surface area contributed by atoms with Gasteiger partial charge in [-0.1, -0.05) is 6.07 Å². The van der Waals surface area contributed by atoms with E-state index in [1.165, 1.54) is 13.5 Å². The molecule has 0 aliphatic carbocycles. The highest BCUT2D eigenvalue weighted by molar-refractivity contribution is 9.10. The normalized spacial score (nSPS) is 17.9. The van der Waals surface area contributed by atoms with Crippen LogP contribution in [0.2, 0.25) is 0 Å². The first kappa shape index (κ1) is 14.3. The van der Waals surface area contributed by atoms with E-state index in [1.807, 2.05) is 12.1 Å². The van der Waals surface area contributed by atoms with E-state index < -0.39 is 0 Å². The van der Waals surface area contributed by atoms with Gasteiger partial charge in [0.25, 0.3) is 0 Å². The Hall–Kier alpha value is -1.66. The monoisotopic (exact) mass is 349 g/mol. The van der Waals surface area contributed by atoms with Crippen molar-refractivity contribution in [1.82, 2.24) is 15.3 Å². The molecule has 21 heavy (non-hydrogen) atoms. The minimum Gasteiger partial charge on any atom is -0.465 e. The van der Waals surface area contributed by atoms with Crippen molar-refractivity contribution in [3.05, 3.63) is 40.3 Å². The summed E-state index contributed by atoms with van der Waals surface area (Å²) < 4.78 is 5.51. The van der Waals surface area contributed by atoms with Crippen molar-refractivity contribution < 1.29 is 9.53 Å². The quantitative estimate of drug-likeness (QED) is 0.835. The van der Waals surface area contributed by atoms with Crippen LogP contribution in [0.5, 0.6) is 0 Å². The number of rotatable bonds is 3. The predicted octanol–water partition coefficient (Wildman–Crippen LogP) is 3.05. The Bertz CT molecular complexity index is 663. The molecule has 2 N–H and O–H groups in total. The van der Waals surface area contributed by atoms with Crippen LogP contribution < -0.4 is 5.32 Å². The maximum atomic E-state index is 11.7. The lowest BCUT2D eigenvalue weighted by Gasteiger charge is -2.07. The third kappa shape index (κ3) is 2.87. The number of benzene rings is 1. The second-order valence-electron chi connectivity index (χ2n) is 5.02. The summed E-state index contributed by atoms with van der Waals surface area (Å²) in [6, 6.07) is 5.88. The fourth-order valence-electron chi connectivity index (χ4n) is 2.54. The van der Waals surface area contributed by atoms with E-state index in [0.717, 1.165) is 34.5 Å². The number of nitrogens with zero attached hydrogens (tertiary/aromatic N) is 1. The summed E-state index contributed by atoms with van der Waals surface area (Å²) in [5, 5.41) is 3.41. The van der Waals surface area contributed by atoms with Crippen molar-refractivity contribution in [2.24, 2.45) is 0 Å². The van der Waals surface area contributed by atoms with Crippen molar-refractivity contribution in [3.63, 3.8) is 0 Å². The first-order valence-electron chi connectivity index (χ1n) is 6.85. The van der Waals surface area contributed by atoms with E-state index in [0.29, 0.717) is 11.6 Å². The summed E-state index contributed by atoms with van der Waals surface area (Å²) in [5.41, 5.74) is 2.32. The molecule has 2 aromatic rings. The summed E-state index contributed by atoms with van der Waals surface area (Å²) in [5.74, 6) is 0.589. The Kier molecular flexibility index (Phi) is 4.07. The molecule has 110 valence electrons. The van der Waals surface area contributed by atoms with Gasteiger partial charge < -0.3 is 15.0 Å². The Balaban J connectivity index is 1.91. The molecule has 5 nitrogen and oxygen atoms in total. The number of halogens is 1. The minimum atomic E-state index is -0.360. The lowest BCUT2D eigenvalue weighted by atomic mass is 10.1. The molecule has 0 bridgehead atoms. The largest absolute Gasteiger partial charge is 0.465 e. The topological polar surface area (TPSA) is 67.0 Å². The van der Waals surface area contributed by atoms with Crippen molar-refractivity contribution in [2.75, 3.05) is 13.7 Å². The van der Waals surface area contributed by atoms with E-state index in [4.69, 9.17) is 4.74 Å². The highest BCUT2D eigenvalue weighted by Gasteiger charge is 2.19. The fraction of sp³-hybridized carbons (Fsp3) is 0.333. The van der Waals surface area contributed by atoms with Crippen LogP contribution in [0.15, 0.2) is 28.9 Å². The van der Waals surface area contributed by atoms with E-state index in [1.54, 1.807) is 12.3 Å². The molecular weight excluding hydrogens is 334 g/mol. The highest BCUT2D eigenvalue weighted by atomic mass is 79.9. The summed E-state index contributed by atoms with van der Waals surface area (Å²) in [6.07, 6.45) is 4.08. The third-order valence-electron chi connectivity index (χ3n) is 3.67. The standard InChI is InChI=1S/C15H16BrN3O2/c1-21-15(20)10-7-9(4-5-11(10)16)13-8-18-14(19-13)12-3-2-6-17-12/h4-5,7-8,12,17H,2-3,6H2,1H3,(H,18,19)/t12-/m0/s1. The first-order chi connectivity index (χ1) is 10.2. The van der Waals surface area contributed by atoms with Crippen LogP contribution >= 0.6 is 15.9 Å². The van der Waals surface area contributed by atoms with Crippen LogP contribution in [0.1, 0.15) is 35.1 Å². The number of esters is 1. The Labute approximate surface area is 131 Å². The molecule has 0 saturated carbocycles. The van der Waals surface area contributed by atoms with Crippen molar-refractivity contribution in [3.8, 4) is 11.3 Å². The number of carbonyl (C=O) groups is 1. The Morgan fingerprint density at radius 3 is 3.05 bits per heavy atom. The highest BCUT2D eigenvalue weighted by Crippen LogP contribution is 2.27. The van der Waals surface area contributed by atoms with Crippen LogP contribution in [-0.4, -0.2) is 29.6 Å². The zero-order valence-corrected chi connectivity index (χ0v) is 13.2. The SMILES string of the molecule is COC(=O)c1cc(-c2cnc([C@@H]3CCCN3)[nH]2)ccc1Br. The zero-order valence-electron chi connectivity index (χ0n) is 11.6. The van der Waals surface area contributed by atoms with E-state index >= 15 is 0 Å². The summed E-state index contributed by atoms with van der Waals surface area (Å²) in [6.45, 7) is 1.03. The molecule has 1 aromatic carbocycles. The molecule has 1 aromatic heterocycles. The van der Waals surface area contributed by atoms with Crippen molar-refractivity contribution >= 4 is 21.9 Å². The van der Waals surface area contributed by atoms with E-state index in [-0.39, 0.29) is 5.97 Å². The molecule has 3 rings (SSSR count). The second-order valence-corrected chi connectivity index (χ2v) is 5.87. The summed E-state index contributed by atoms with van der Waals surface area (Å²) in [4.78, 5) is 19.5. The summed E-state index contributed by atoms with van der Waals surface area (Å²) in [7, 11) is 1.38. The maximum Gasteiger partial charge on any atom is 0.339 e. The number of imidazole rings is 1. The van der Waals surface area contributed by atoms with Gasteiger partial charge in [0, 0.05) is 10.0 Å². The number of H-pyrrole nitrogens is 1. The van der Waals surface area contributed by atoms with Crippen LogP contribution in [0.3, 0.4) is 0 Å². The molecule has 1 aliphatic heterocycles. The van der Waals surface area contributed by atoms with Gasteiger partial charge in [-0.3, -0.25) is 0 Å². The molecular formula is C15H16BrN3O2. The Morgan fingerprint density at radius 2 is 2.33 bits per heavy atom. The van der Waals surface area contributed by atoms with Crippen LogP contribution in [-0.2, 0) is 4.74 Å². The first-order valence-corrected chi connectivity index (χ1v) is 7.65. The third-order valence-corrected chi connectivity index (χ3v) is 4.36. The number of carbonyl (C=O) groups excluding carboxylic acids is 1. The second kappa shape index (κ2) is 5.99. The molecule has 1 saturated heterocycles. The van der Waals surface area contributed by atoms with Crippen LogP contribution in [0.4, 0.5) is 0 Å².